The Kier molecular flexibility index (Phi) is 3.62. The average molecular weight is 328 g/mol. The van der Waals surface area contributed by atoms with Crippen molar-refractivity contribution in [3.05, 3.63) is 24.3 Å². The Bertz CT molecular complexity index is 653. The third-order valence-corrected chi connectivity index (χ3v) is 5.68. The van der Waals surface area contributed by atoms with Crippen molar-refractivity contribution < 1.29 is 9.59 Å². The zero-order valence-electron chi connectivity index (χ0n) is 13.8. The Balaban J connectivity index is 1.46. The van der Waals surface area contributed by atoms with Crippen LogP contribution in [0.2, 0.25) is 0 Å². The quantitative estimate of drug-likeness (QED) is 0.888. The first-order chi connectivity index (χ1) is 11.6. The fourth-order valence-corrected chi connectivity index (χ4v) is 4.02. The van der Waals surface area contributed by atoms with Crippen molar-refractivity contribution in [2.24, 2.45) is 11.1 Å². The molecule has 1 saturated carbocycles. The highest BCUT2D eigenvalue weighted by Crippen LogP contribution is 2.53. The number of hydrogen-bond acceptors (Lipinski definition) is 3. The Morgan fingerprint density at radius 3 is 2.46 bits per heavy atom. The maximum atomic E-state index is 12.5. The molecule has 6 heteroatoms. The van der Waals surface area contributed by atoms with Gasteiger partial charge in [-0.2, -0.15) is 0 Å². The van der Waals surface area contributed by atoms with Crippen LogP contribution in [0.3, 0.4) is 0 Å². The summed E-state index contributed by atoms with van der Waals surface area (Å²) in [7, 11) is 0. The number of carbonyl (C=O) groups is 2. The number of nitrogens with two attached hydrogens (primary N) is 1. The molecule has 3 amide bonds. The minimum absolute atomic E-state index is 0.0779. The summed E-state index contributed by atoms with van der Waals surface area (Å²) in [6, 6.07) is 7.08. The van der Waals surface area contributed by atoms with Crippen LogP contribution in [0.4, 0.5) is 16.2 Å². The summed E-state index contributed by atoms with van der Waals surface area (Å²) in [6.45, 7) is 2.98. The number of primary amides is 1. The lowest BCUT2D eigenvalue weighted by Crippen LogP contribution is -2.53. The third-order valence-electron chi connectivity index (χ3n) is 5.68. The molecule has 6 nitrogen and oxygen atoms in total. The molecule has 0 unspecified atom stereocenters. The van der Waals surface area contributed by atoms with Crippen LogP contribution in [0.25, 0.3) is 0 Å². The largest absolute Gasteiger partial charge is 0.371 e. The van der Waals surface area contributed by atoms with Gasteiger partial charge in [-0.05, 0) is 61.8 Å². The van der Waals surface area contributed by atoms with Crippen LogP contribution in [0.15, 0.2) is 24.3 Å². The minimum atomic E-state index is -0.645. The van der Waals surface area contributed by atoms with Gasteiger partial charge in [-0.15, -0.1) is 0 Å². The fourth-order valence-electron chi connectivity index (χ4n) is 4.02. The van der Waals surface area contributed by atoms with Crippen molar-refractivity contribution in [1.29, 1.82) is 0 Å². The molecule has 1 aromatic rings. The van der Waals surface area contributed by atoms with Gasteiger partial charge in [-0.25, -0.2) is 4.79 Å². The molecule has 4 rings (SSSR count). The molecule has 2 aliphatic heterocycles. The third kappa shape index (κ3) is 2.81. The van der Waals surface area contributed by atoms with Gasteiger partial charge in [0.25, 0.3) is 0 Å². The van der Waals surface area contributed by atoms with Gasteiger partial charge in [0.05, 0.1) is 0 Å². The Labute approximate surface area is 142 Å². The van der Waals surface area contributed by atoms with E-state index in [0.717, 1.165) is 18.7 Å². The fraction of sp³-hybridized carbons (Fsp3) is 0.556. The molecular weight excluding hydrogens is 304 g/mol. The van der Waals surface area contributed by atoms with E-state index in [1.165, 1.54) is 31.5 Å². The van der Waals surface area contributed by atoms with Crippen LogP contribution >= 0.6 is 0 Å². The molecule has 3 fully saturated rings. The summed E-state index contributed by atoms with van der Waals surface area (Å²) in [5, 5.41) is 2.54. The molecule has 1 aliphatic carbocycles. The molecule has 1 spiro atoms. The average Bonchev–Trinajstić information content (AvgIpc) is 3.19. The highest BCUT2D eigenvalue weighted by molar-refractivity contribution is 5.99. The number of carbonyl (C=O) groups excluding carboxylic acids is 2. The molecular formula is C18H24N4O2. The highest BCUT2D eigenvalue weighted by Gasteiger charge is 2.47. The molecule has 1 atom stereocenters. The summed E-state index contributed by atoms with van der Waals surface area (Å²) in [4.78, 5) is 27.8. The standard InChI is InChI=1S/C18H24N4O2/c19-17(24)20-15-2-1-10-22(16(15)23)14-5-3-13(4-6-14)21-11-9-18(12-21)7-8-18/h3-6,15H,1-2,7-12H2,(H3,19,20,24)/t15-/m1/s1. The number of piperidine rings is 1. The topological polar surface area (TPSA) is 78.7 Å². The van der Waals surface area contributed by atoms with Crippen molar-refractivity contribution in [1.82, 2.24) is 5.32 Å². The van der Waals surface area contributed by atoms with E-state index in [2.05, 4.69) is 22.3 Å². The molecule has 0 bridgehead atoms. The van der Waals surface area contributed by atoms with Crippen LogP contribution in [-0.4, -0.2) is 37.6 Å². The predicted molar refractivity (Wildman–Crippen MR) is 93.0 cm³/mol. The lowest BCUT2D eigenvalue weighted by atomic mass is 10.0. The maximum Gasteiger partial charge on any atom is 0.312 e. The van der Waals surface area contributed by atoms with Crippen LogP contribution in [-0.2, 0) is 4.79 Å². The van der Waals surface area contributed by atoms with Crippen LogP contribution in [0.5, 0.6) is 0 Å². The molecule has 2 saturated heterocycles. The monoisotopic (exact) mass is 328 g/mol. The lowest BCUT2D eigenvalue weighted by Gasteiger charge is -2.32. The summed E-state index contributed by atoms with van der Waals surface area (Å²) in [6.07, 6.45) is 5.55. The van der Waals surface area contributed by atoms with Crippen LogP contribution in [0.1, 0.15) is 32.1 Å². The summed E-state index contributed by atoms with van der Waals surface area (Å²) >= 11 is 0. The van der Waals surface area contributed by atoms with Gasteiger partial charge in [0.1, 0.15) is 6.04 Å². The number of anilines is 2. The summed E-state index contributed by atoms with van der Waals surface area (Å²) in [5.41, 5.74) is 7.89. The van der Waals surface area contributed by atoms with Crippen LogP contribution in [0, 0.1) is 5.41 Å². The number of benzene rings is 1. The second-order valence-corrected chi connectivity index (χ2v) is 7.38. The minimum Gasteiger partial charge on any atom is -0.371 e. The first-order valence-electron chi connectivity index (χ1n) is 8.79. The molecule has 1 aromatic carbocycles. The smallest absolute Gasteiger partial charge is 0.312 e. The molecule has 3 N–H and O–H groups in total. The highest BCUT2D eigenvalue weighted by atomic mass is 16.2. The van der Waals surface area contributed by atoms with Crippen LogP contribution < -0.4 is 20.9 Å². The van der Waals surface area contributed by atoms with Gasteiger partial charge in [-0.3, -0.25) is 4.79 Å². The number of nitrogens with zero attached hydrogens (tertiary/aromatic N) is 2. The Morgan fingerprint density at radius 1 is 1.12 bits per heavy atom. The normalized spacial score (nSPS) is 25.2. The Hall–Kier alpha value is -2.24. The molecule has 2 heterocycles. The SMILES string of the molecule is NC(=O)N[C@@H]1CCCN(c2ccc(N3CCC4(CC4)C3)cc2)C1=O. The number of hydrogen-bond donors (Lipinski definition) is 2. The van der Waals surface area contributed by atoms with Crippen molar-refractivity contribution in [2.45, 2.75) is 38.1 Å². The van der Waals surface area contributed by atoms with E-state index < -0.39 is 12.1 Å². The van der Waals surface area contributed by atoms with Crippen molar-refractivity contribution in [2.75, 3.05) is 29.4 Å². The first-order valence-corrected chi connectivity index (χ1v) is 8.79. The second-order valence-electron chi connectivity index (χ2n) is 7.38. The number of nitrogens with one attached hydrogen (secondary N) is 1. The molecule has 0 aromatic heterocycles. The van der Waals surface area contributed by atoms with E-state index in [-0.39, 0.29) is 5.91 Å². The van der Waals surface area contributed by atoms with Crippen molar-refractivity contribution >= 4 is 23.3 Å². The predicted octanol–water partition coefficient (Wildman–Crippen LogP) is 1.84. The zero-order chi connectivity index (χ0) is 16.7. The van der Waals surface area contributed by atoms with Gasteiger partial charge in [0.15, 0.2) is 0 Å². The van der Waals surface area contributed by atoms with E-state index in [9.17, 15) is 9.59 Å². The summed E-state index contributed by atoms with van der Waals surface area (Å²) < 4.78 is 0. The zero-order valence-corrected chi connectivity index (χ0v) is 13.8. The van der Waals surface area contributed by atoms with Crippen molar-refractivity contribution in [3.8, 4) is 0 Å². The molecule has 24 heavy (non-hydrogen) atoms. The van der Waals surface area contributed by atoms with E-state index in [0.29, 0.717) is 18.4 Å². The van der Waals surface area contributed by atoms with E-state index in [4.69, 9.17) is 5.73 Å². The van der Waals surface area contributed by atoms with E-state index in [1.54, 1.807) is 4.90 Å². The lowest BCUT2D eigenvalue weighted by molar-refractivity contribution is -0.121. The molecule has 0 radical (unpaired) electrons. The number of urea groups is 1. The van der Waals surface area contributed by atoms with E-state index >= 15 is 0 Å². The maximum absolute atomic E-state index is 12.5. The number of rotatable bonds is 3. The number of amides is 3. The van der Waals surface area contributed by atoms with E-state index in [1.807, 2.05) is 12.1 Å². The summed E-state index contributed by atoms with van der Waals surface area (Å²) in [5.74, 6) is -0.0779. The van der Waals surface area contributed by atoms with Gasteiger partial charge in [-0.1, -0.05) is 0 Å². The first kappa shape index (κ1) is 15.3. The molecule has 3 aliphatic rings. The molecule has 128 valence electrons. The van der Waals surface area contributed by atoms with Gasteiger partial charge < -0.3 is 20.9 Å². The van der Waals surface area contributed by atoms with Gasteiger partial charge in [0, 0.05) is 31.0 Å². The van der Waals surface area contributed by atoms with Gasteiger partial charge in [0.2, 0.25) is 5.91 Å². The second kappa shape index (κ2) is 5.69. The van der Waals surface area contributed by atoms with Crippen molar-refractivity contribution in [3.63, 3.8) is 0 Å². The Morgan fingerprint density at radius 2 is 1.83 bits per heavy atom. The van der Waals surface area contributed by atoms with Gasteiger partial charge >= 0.3 is 6.03 Å².